The van der Waals surface area contributed by atoms with E-state index in [1.54, 1.807) is 0 Å². The number of ether oxygens (including phenoxy) is 1. The van der Waals surface area contributed by atoms with Crippen molar-refractivity contribution in [2.75, 3.05) is 11.5 Å². The van der Waals surface area contributed by atoms with Crippen LogP contribution in [0.1, 0.15) is 25.0 Å². The van der Waals surface area contributed by atoms with Crippen LogP contribution >= 0.6 is 12.2 Å². The van der Waals surface area contributed by atoms with Crippen molar-refractivity contribution in [3.63, 3.8) is 0 Å². The molecule has 1 heterocycles. The van der Waals surface area contributed by atoms with Gasteiger partial charge in [0.1, 0.15) is 10.4 Å². The van der Waals surface area contributed by atoms with E-state index in [0.29, 0.717) is 18.1 Å². The summed E-state index contributed by atoms with van der Waals surface area (Å²) in [6, 6.07) is 18.0. The summed E-state index contributed by atoms with van der Waals surface area (Å²) < 4.78 is 5.30. The Morgan fingerprint density at radius 2 is 1.78 bits per heavy atom. The van der Waals surface area contributed by atoms with Gasteiger partial charge in [0.2, 0.25) is 0 Å². The lowest BCUT2D eigenvalue weighted by Gasteiger charge is -2.25. The van der Waals surface area contributed by atoms with Crippen molar-refractivity contribution in [1.82, 2.24) is 0 Å². The van der Waals surface area contributed by atoms with Crippen LogP contribution in [0.4, 0.5) is 5.69 Å². The molecule has 2 aromatic rings. The van der Waals surface area contributed by atoms with Gasteiger partial charge in [0.25, 0.3) is 0 Å². The first kappa shape index (κ1) is 15.7. The molecule has 1 atom stereocenters. The average molecular weight is 325 g/mol. The minimum atomic E-state index is -0.906. The molecule has 0 aliphatic carbocycles. The number of hydrogen-bond acceptors (Lipinski definition) is 3. The van der Waals surface area contributed by atoms with Crippen molar-refractivity contribution >= 4 is 28.9 Å². The van der Waals surface area contributed by atoms with Crippen molar-refractivity contribution in [2.24, 2.45) is 0 Å². The summed E-state index contributed by atoms with van der Waals surface area (Å²) in [7, 11) is 0. The van der Waals surface area contributed by atoms with Gasteiger partial charge in [-0.25, -0.2) is 0 Å². The van der Waals surface area contributed by atoms with E-state index in [1.165, 1.54) is 0 Å². The number of rotatable bonds is 4. The molecule has 3 nitrogen and oxygen atoms in total. The van der Waals surface area contributed by atoms with Crippen molar-refractivity contribution < 1.29 is 9.53 Å². The third-order valence-corrected chi connectivity index (χ3v) is 4.90. The molecule has 0 bridgehead atoms. The van der Waals surface area contributed by atoms with Crippen LogP contribution in [0, 0.1) is 0 Å². The minimum Gasteiger partial charge on any atom is -0.465 e. The zero-order valence-corrected chi connectivity index (χ0v) is 14.1. The lowest BCUT2D eigenvalue weighted by molar-refractivity contribution is -0.146. The van der Waals surface area contributed by atoms with Crippen molar-refractivity contribution in [3.8, 4) is 0 Å². The highest BCUT2D eigenvalue weighted by Gasteiger charge is 2.50. The third kappa shape index (κ3) is 2.53. The molecule has 0 fully saturated rings. The summed E-state index contributed by atoms with van der Waals surface area (Å²) >= 11 is 5.70. The van der Waals surface area contributed by atoms with Gasteiger partial charge in [-0.15, -0.1) is 0 Å². The molecule has 0 saturated carbocycles. The molecule has 0 N–H and O–H groups in total. The van der Waals surface area contributed by atoms with Crippen LogP contribution in [0.25, 0.3) is 0 Å². The standard InChI is InChI=1S/C19H19NO2S/c1-3-22-18(21)19(2)15-11-7-8-12-16(15)20(17(19)23)13-14-9-5-4-6-10-14/h4-12H,3,13H2,1-2H3. The van der Waals surface area contributed by atoms with Crippen LogP contribution in [-0.4, -0.2) is 17.6 Å². The number of benzene rings is 2. The first-order chi connectivity index (χ1) is 11.1. The minimum absolute atomic E-state index is 0.284. The van der Waals surface area contributed by atoms with Gasteiger partial charge in [-0.2, -0.15) is 0 Å². The largest absolute Gasteiger partial charge is 0.465 e. The summed E-state index contributed by atoms with van der Waals surface area (Å²) in [6.45, 7) is 4.66. The second-order valence-corrected chi connectivity index (χ2v) is 6.13. The van der Waals surface area contributed by atoms with Crippen LogP contribution in [0.15, 0.2) is 54.6 Å². The number of carbonyl (C=O) groups excluding carboxylic acids is 1. The second kappa shape index (κ2) is 6.13. The number of fused-ring (bicyclic) bond motifs is 1. The summed E-state index contributed by atoms with van der Waals surface area (Å²) in [6.07, 6.45) is 0. The Morgan fingerprint density at radius 3 is 2.48 bits per heavy atom. The van der Waals surface area contributed by atoms with E-state index in [-0.39, 0.29) is 5.97 Å². The molecule has 0 aromatic heterocycles. The number of anilines is 1. The second-order valence-electron chi connectivity index (χ2n) is 5.74. The molecule has 118 valence electrons. The Morgan fingerprint density at radius 1 is 1.13 bits per heavy atom. The van der Waals surface area contributed by atoms with E-state index in [0.717, 1.165) is 16.8 Å². The SMILES string of the molecule is CCOC(=O)C1(C)C(=S)N(Cc2ccccc2)c2ccccc21. The van der Waals surface area contributed by atoms with E-state index in [9.17, 15) is 4.79 Å². The highest BCUT2D eigenvalue weighted by atomic mass is 32.1. The summed E-state index contributed by atoms with van der Waals surface area (Å²) in [5.41, 5.74) is 2.14. The maximum atomic E-state index is 12.6. The van der Waals surface area contributed by atoms with Gasteiger partial charge >= 0.3 is 5.97 Å². The number of carbonyl (C=O) groups is 1. The number of hydrogen-bond donors (Lipinski definition) is 0. The molecule has 4 heteroatoms. The van der Waals surface area contributed by atoms with Gasteiger partial charge in [0, 0.05) is 12.2 Å². The lowest BCUT2D eigenvalue weighted by atomic mass is 9.84. The maximum absolute atomic E-state index is 12.6. The summed E-state index contributed by atoms with van der Waals surface area (Å²) in [4.78, 5) is 15.2. The molecule has 0 saturated heterocycles. The quantitative estimate of drug-likeness (QED) is 0.631. The topological polar surface area (TPSA) is 29.5 Å². The Balaban J connectivity index is 2.03. The number of esters is 1. The van der Waals surface area contributed by atoms with E-state index < -0.39 is 5.41 Å². The van der Waals surface area contributed by atoms with Crippen molar-refractivity contribution in [2.45, 2.75) is 25.8 Å². The number of para-hydroxylation sites is 1. The summed E-state index contributed by atoms with van der Waals surface area (Å²) in [5, 5.41) is 0. The van der Waals surface area contributed by atoms with E-state index in [2.05, 4.69) is 12.1 Å². The first-order valence-corrected chi connectivity index (χ1v) is 8.12. The summed E-state index contributed by atoms with van der Waals surface area (Å²) in [5.74, 6) is -0.284. The van der Waals surface area contributed by atoms with E-state index in [4.69, 9.17) is 17.0 Å². The Labute approximate surface area is 141 Å². The molecule has 1 aliphatic rings. The smallest absolute Gasteiger partial charge is 0.323 e. The molecule has 1 unspecified atom stereocenters. The highest BCUT2D eigenvalue weighted by molar-refractivity contribution is 7.81. The molecular formula is C19H19NO2S. The Kier molecular flexibility index (Phi) is 4.18. The molecule has 2 aromatic carbocycles. The molecule has 0 radical (unpaired) electrons. The zero-order chi connectivity index (χ0) is 16.4. The zero-order valence-electron chi connectivity index (χ0n) is 13.3. The monoisotopic (exact) mass is 325 g/mol. The van der Waals surface area contributed by atoms with Crippen LogP contribution in [-0.2, 0) is 21.5 Å². The van der Waals surface area contributed by atoms with Crippen LogP contribution in [0.3, 0.4) is 0 Å². The van der Waals surface area contributed by atoms with Crippen LogP contribution in [0.2, 0.25) is 0 Å². The predicted molar refractivity (Wildman–Crippen MR) is 95.7 cm³/mol. The Bertz CT molecular complexity index is 744. The molecular weight excluding hydrogens is 306 g/mol. The van der Waals surface area contributed by atoms with Gasteiger partial charge in [-0.05, 0) is 31.0 Å². The highest BCUT2D eigenvalue weighted by Crippen LogP contribution is 2.44. The fourth-order valence-electron chi connectivity index (χ4n) is 3.02. The molecule has 1 aliphatic heterocycles. The van der Waals surface area contributed by atoms with Crippen molar-refractivity contribution in [3.05, 3.63) is 65.7 Å². The molecule has 23 heavy (non-hydrogen) atoms. The van der Waals surface area contributed by atoms with E-state index >= 15 is 0 Å². The molecule has 0 spiro atoms. The van der Waals surface area contributed by atoms with Crippen molar-refractivity contribution in [1.29, 1.82) is 0 Å². The number of nitrogens with zero attached hydrogens (tertiary/aromatic N) is 1. The molecule has 3 rings (SSSR count). The third-order valence-electron chi connectivity index (χ3n) is 4.27. The fourth-order valence-corrected chi connectivity index (χ4v) is 3.38. The first-order valence-electron chi connectivity index (χ1n) is 7.71. The fraction of sp³-hybridized carbons (Fsp3) is 0.263. The average Bonchev–Trinajstić information content (AvgIpc) is 2.79. The van der Waals surface area contributed by atoms with Gasteiger partial charge in [0.15, 0.2) is 0 Å². The maximum Gasteiger partial charge on any atom is 0.323 e. The Hall–Kier alpha value is -2.20. The number of thiocarbonyl (C=S) groups is 1. The van der Waals surface area contributed by atoms with Gasteiger partial charge in [0.05, 0.1) is 6.61 Å². The van der Waals surface area contributed by atoms with Gasteiger partial charge in [-0.3, -0.25) is 4.79 Å². The molecule has 0 amide bonds. The lowest BCUT2D eigenvalue weighted by Crippen LogP contribution is -2.43. The van der Waals surface area contributed by atoms with Crippen LogP contribution < -0.4 is 4.90 Å². The normalized spacial score (nSPS) is 19.6. The van der Waals surface area contributed by atoms with Gasteiger partial charge in [-0.1, -0.05) is 60.7 Å². The van der Waals surface area contributed by atoms with Crippen LogP contribution in [0.5, 0.6) is 0 Å². The van der Waals surface area contributed by atoms with E-state index in [1.807, 2.05) is 61.2 Å². The predicted octanol–water partition coefficient (Wildman–Crippen LogP) is 3.86. The van der Waals surface area contributed by atoms with Gasteiger partial charge < -0.3 is 9.64 Å².